The highest BCUT2D eigenvalue weighted by atomic mass is 19.1. The molecule has 0 amide bonds. The summed E-state index contributed by atoms with van der Waals surface area (Å²) >= 11 is 0. The number of fused-ring (bicyclic) bond motifs is 3. The van der Waals surface area contributed by atoms with E-state index in [9.17, 15) is 5.11 Å². The Kier molecular flexibility index (Phi) is 6.08. The molecule has 0 aliphatic carbocycles. The fourth-order valence-corrected chi connectivity index (χ4v) is 5.97. The predicted molar refractivity (Wildman–Crippen MR) is 146 cm³/mol. The number of hydrogen-bond donors (Lipinski definition) is 1. The third-order valence-electron chi connectivity index (χ3n) is 7.85. The number of pyridine rings is 1. The van der Waals surface area contributed by atoms with Crippen LogP contribution in [0.3, 0.4) is 0 Å². The molecule has 4 heterocycles. The number of rotatable bonds is 5. The number of halogens is 1. The van der Waals surface area contributed by atoms with Gasteiger partial charge in [0.2, 0.25) is 0 Å². The molecule has 1 saturated heterocycles. The van der Waals surface area contributed by atoms with Crippen molar-refractivity contribution < 1.29 is 18.8 Å². The van der Waals surface area contributed by atoms with Crippen LogP contribution < -0.4 is 0 Å². The Bertz CT molecular complexity index is 1610. The van der Waals surface area contributed by atoms with Gasteiger partial charge in [-0.25, -0.2) is 4.39 Å². The Balaban J connectivity index is 1.72. The molecule has 0 saturated carbocycles. The highest BCUT2D eigenvalue weighted by molar-refractivity contribution is 6.07. The first kappa shape index (κ1) is 24.8. The molecule has 0 bridgehead atoms. The van der Waals surface area contributed by atoms with Crippen molar-refractivity contribution >= 4 is 21.9 Å². The standard InChI is InChI=1S/C31H32FN3O3/c1-18-27(19(2)38-34-18)22-14-26-29(33-17-22)28-24(32)15-23(31(3,4)36)16-25(28)35(26)30(20-8-6-5-7-9-20)21-10-12-37-13-11-21/h5-9,14-17,21,30,36H,10-13H2,1-4H3/t30-/m1/s1. The molecule has 1 atom stereocenters. The maximum absolute atomic E-state index is 15.9. The van der Waals surface area contributed by atoms with Gasteiger partial charge in [-0.15, -0.1) is 0 Å². The van der Waals surface area contributed by atoms with E-state index < -0.39 is 5.60 Å². The van der Waals surface area contributed by atoms with Crippen LogP contribution in [-0.2, 0) is 10.3 Å². The number of benzene rings is 2. The number of aliphatic hydroxyl groups is 1. The van der Waals surface area contributed by atoms with E-state index in [2.05, 4.69) is 27.9 Å². The van der Waals surface area contributed by atoms with E-state index in [0.717, 1.165) is 46.3 Å². The number of aryl methyl sites for hydroxylation is 2. The lowest BCUT2D eigenvalue weighted by Crippen LogP contribution is -2.27. The van der Waals surface area contributed by atoms with E-state index in [1.165, 1.54) is 6.07 Å². The lowest BCUT2D eigenvalue weighted by atomic mass is 9.86. The van der Waals surface area contributed by atoms with Crippen LogP contribution in [0.2, 0.25) is 0 Å². The van der Waals surface area contributed by atoms with Crippen LogP contribution in [0, 0.1) is 25.6 Å². The highest BCUT2D eigenvalue weighted by Gasteiger charge is 2.32. The topological polar surface area (TPSA) is 73.3 Å². The molecule has 1 aliphatic rings. The summed E-state index contributed by atoms with van der Waals surface area (Å²) in [5.41, 5.74) is 5.19. The minimum absolute atomic E-state index is 0.0710. The molecule has 38 heavy (non-hydrogen) atoms. The smallest absolute Gasteiger partial charge is 0.141 e. The maximum Gasteiger partial charge on any atom is 0.141 e. The van der Waals surface area contributed by atoms with Crippen molar-refractivity contribution in [2.45, 2.75) is 52.2 Å². The van der Waals surface area contributed by atoms with Gasteiger partial charge in [-0.05, 0) is 75.8 Å². The Hall–Kier alpha value is -3.55. The minimum atomic E-state index is -1.20. The van der Waals surface area contributed by atoms with Crippen LogP contribution in [0.25, 0.3) is 33.1 Å². The average molecular weight is 514 g/mol. The Morgan fingerprint density at radius 1 is 1.05 bits per heavy atom. The lowest BCUT2D eigenvalue weighted by Gasteiger charge is -2.33. The molecule has 196 valence electrons. The van der Waals surface area contributed by atoms with E-state index in [1.54, 1.807) is 20.0 Å². The van der Waals surface area contributed by atoms with E-state index >= 15 is 4.39 Å². The first-order chi connectivity index (χ1) is 18.2. The van der Waals surface area contributed by atoms with Gasteiger partial charge in [-0.2, -0.15) is 0 Å². The second-order valence-electron chi connectivity index (χ2n) is 10.9. The summed E-state index contributed by atoms with van der Waals surface area (Å²) in [5.74, 6) is 0.604. The summed E-state index contributed by atoms with van der Waals surface area (Å²) in [4.78, 5) is 4.82. The molecule has 3 aromatic heterocycles. The minimum Gasteiger partial charge on any atom is -0.386 e. The fraction of sp³-hybridized carbons (Fsp3) is 0.355. The summed E-state index contributed by atoms with van der Waals surface area (Å²) in [5, 5.41) is 15.4. The largest absolute Gasteiger partial charge is 0.386 e. The zero-order chi connectivity index (χ0) is 26.6. The number of hydrogen-bond acceptors (Lipinski definition) is 5. The van der Waals surface area contributed by atoms with Crippen LogP contribution in [-0.4, -0.2) is 33.0 Å². The SMILES string of the molecule is Cc1noc(C)c1-c1cnc2c3c(F)cc(C(C)(C)O)cc3n([C@H](c3ccccc3)C3CCOCC3)c2c1. The molecule has 2 aromatic carbocycles. The quantitative estimate of drug-likeness (QED) is 0.278. The van der Waals surface area contributed by atoms with Gasteiger partial charge in [-0.3, -0.25) is 4.98 Å². The van der Waals surface area contributed by atoms with Crippen LogP contribution in [0.4, 0.5) is 4.39 Å². The zero-order valence-corrected chi connectivity index (χ0v) is 22.2. The van der Waals surface area contributed by atoms with E-state index in [0.29, 0.717) is 35.4 Å². The van der Waals surface area contributed by atoms with Gasteiger partial charge in [-0.1, -0.05) is 35.5 Å². The van der Waals surface area contributed by atoms with E-state index in [-0.39, 0.29) is 17.8 Å². The predicted octanol–water partition coefficient (Wildman–Crippen LogP) is 6.84. The second-order valence-corrected chi connectivity index (χ2v) is 10.9. The number of ether oxygens (including phenoxy) is 1. The summed E-state index contributed by atoms with van der Waals surface area (Å²) in [6, 6.07) is 15.7. The van der Waals surface area contributed by atoms with Crippen LogP contribution in [0.5, 0.6) is 0 Å². The van der Waals surface area contributed by atoms with Gasteiger partial charge in [0.15, 0.2) is 0 Å². The fourth-order valence-electron chi connectivity index (χ4n) is 5.97. The molecule has 6 nitrogen and oxygen atoms in total. The van der Waals surface area contributed by atoms with Gasteiger partial charge in [0, 0.05) is 30.5 Å². The van der Waals surface area contributed by atoms with Crippen molar-refractivity contribution in [3.05, 3.63) is 83.1 Å². The van der Waals surface area contributed by atoms with Gasteiger partial charge >= 0.3 is 0 Å². The van der Waals surface area contributed by atoms with E-state index in [4.69, 9.17) is 14.2 Å². The highest BCUT2D eigenvalue weighted by Crippen LogP contribution is 2.43. The number of aromatic nitrogens is 3. The van der Waals surface area contributed by atoms with Gasteiger partial charge in [0.25, 0.3) is 0 Å². The summed E-state index contributed by atoms with van der Waals surface area (Å²) in [6.07, 6.45) is 3.56. The normalized spacial score (nSPS) is 15.9. The van der Waals surface area contributed by atoms with Crippen molar-refractivity contribution in [3.63, 3.8) is 0 Å². The van der Waals surface area contributed by atoms with Crippen LogP contribution in [0.1, 0.15) is 55.3 Å². The molecular formula is C31H32FN3O3. The van der Waals surface area contributed by atoms with Gasteiger partial charge < -0.3 is 18.9 Å². The average Bonchev–Trinajstić information content (AvgIpc) is 3.41. The van der Waals surface area contributed by atoms with Crippen LogP contribution >= 0.6 is 0 Å². The summed E-state index contributed by atoms with van der Waals surface area (Å²) < 4.78 is 29.3. The van der Waals surface area contributed by atoms with E-state index in [1.807, 2.05) is 38.1 Å². The first-order valence-corrected chi connectivity index (χ1v) is 13.2. The Labute approximate surface area is 221 Å². The molecule has 5 aromatic rings. The lowest BCUT2D eigenvalue weighted by molar-refractivity contribution is 0.0552. The Morgan fingerprint density at radius 3 is 2.45 bits per heavy atom. The maximum atomic E-state index is 15.9. The van der Waals surface area contributed by atoms with Crippen molar-refractivity contribution in [2.24, 2.45) is 5.92 Å². The van der Waals surface area contributed by atoms with Gasteiger partial charge in [0.1, 0.15) is 11.6 Å². The molecule has 7 heteroatoms. The third kappa shape index (κ3) is 4.10. The number of nitrogens with zero attached hydrogens (tertiary/aromatic N) is 3. The molecule has 1 fully saturated rings. The van der Waals surface area contributed by atoms with Gasteiger partial charge in [0.05, 0.1) is 39.3 Å². The summed E-state index contributed by atoms with van der Waals surface area (Å²) in [6.45, 7) is 8.55. The van der Waals surface area contributed by atoms with Crippen molar-refractivity contribution in [3.8, 4) is 11.1 Å². The Morgan fingerprint density at radius 2 is 1.79 bits per heavy atom. The molecule has 6 rings (SSSR count). The van der Waals surface area contributed by atoms with Crippen molar-refractivity contribution in [1.82, 2.24) is 14.7 Å². The third-order valence-corrected chi connectivity index (χ3v) is 7.85. The molecule has 0 radical (unpaired) electrons. The second kappa shape index (κ2) is 9.33. The monoisotopic (exact) mass is 513 g/mol. The summed E-state index contributed by atoms with van der Waals surface area (Å²) in [7, 11) is 0. The molecule has 0 unspecified atom stereocenters. The molecule has 1 aliphatic heterocycles. The zero-order valence-electron chi connectivity index (χ0n) is 22.2. The molecule has 0 spiro atoms. The van der Waals surface area contributed by atoms with Crippen molar-refractivity contribution in [1.29, 1.82) is 0 Å². The molecule has 1 N–H and O–H groups in total. The van der Waals surface area contributed by atoms with Crippen molar-refractivity contribution in [2.75, 3.05) is 13.2 Å². The first-order valence-electron chi connectivity index (χ1n) is 13.2. The van der Waals surface area contributed by atoms with Crippen LogP contribution in [0.15, 0.2) is 59.3 Å². The molecular weight excluding hydrogens is 481 g/mol.